The minimum absolute atomic E-state index is 0.792. The Labute approximate surface area is 110 Å². The van der Waals surface area contributed by atoms with Crippen LogP contribution in [0, 0.1) is 5.92 Å². The molecule has 1 heterocycles. The molecule has 1 aromatic rings. The third-order valence-electron chi connectivity index (χ3n) is 3.34. The van der Waals surface area contributed by atoms with Gasteiger partial charge in [-0.15, -0.1) is 0 Å². The summed E-state index contributed by atoms with van der Waals surface area (Å²) in [7, 11) is 0. The van der Waals surface area contributed by atoms with Crippen LogP contribution in [0.25, 0.3) is 0 Å². The van der Waals surface area contributed by atoms with Crippen LogP contribution in [0.3, 0.4) is 0 Å². The molecular formula is C15H24N2O. The number of piperidine rings is 1. The predicted octanol–water partition coefficient (Wildman–Crippen LogP) is 2.04. The molecule has 3 nitrogen and oxygen atoms in total. The number of hydrogen-bond acceptors (Lipinski definition) is 3. The van der Waals surface area contributed by atoms with Crippen molar-refractivity contribution in [1.29, 1.82) is 0 Å². The summed E-state index contributed by atoms with van der Waals surface area (Å²) in [6.45, 7) is 5.34. The van der Waals surface area contributed by atoms with Crippen molar-refractivity contribution in [1.82, 2.24) is 10.6 Å². The smallest absolute Gasteiger partial charge is 0.119 e. The molecule has 3 heteroatoms. The number of rotatable bonds is 7. The van der Waals surface area contributed by atoms with Crippen LogP contribution in [0.5, 0.6) is 5.75 Å². The Bertz CT molecular complexity index is 310. The Hall–Kier alpha value is -1.06. The Morgan fingerprint density at radius 2 is 2.17 bits per heavy atom. The molecule has 1 aromatic carbocycles. The van der Waals surface area contributed by atoms with E-state index in [2.05, 4.69) is 10.6 Å². The van der Waals surface area contributed by atoms with Gasteiger partial charge in [0.2, 0.25) is 0 Å². The maximum atomic E-state index is 5.65. The van der Waals surface area contributed by atoms with E-state index in [0.29, 0.717) is 0 Å². The Kier molecular flexibility index (Phi) is 6.03. The molecule has 1 saturated heterocycles. The van der Waals surface area contributed by atoms with E-state index in [0.717, 1.165) is 37.8 Å². The monoisotopic (exact) mass is 248 g/mol. The highest BCUT2D eigenvalue weighted by molar-refractivity contribution is 5.20. The van der Waals surface area contributed by atoms with Gasteiger partial charge < -0.3 is 15.4 Å². The molecule has 1 fully saturated rings. The van der Waals surface area contributed by atoms with Crippen LogP contribution in [0.2, 0.25) is 0 Å². The van der Waals surface area contributed by atoms with Gasteiger partial charge in [0.25, 0.3) is 0 Å². The van der Waals surface area contributed by atoms with Gasteiger partial charge in [0.15, 0.2) is 0 Å². The summed E-state index contributed by atoms with van der Waals surface area (Å²) in [5.41, 5.74) is 0. The van der Waals surface area contributed by atoms with Gasteiger partial charge in [0.05, 0.1) is 6.61 Å². The van der Waals surface area contributed by atoms with Gasteiger partial charge in [0, 0.05) is 0 Å². The number of hydrogen-bond donors (Lipinski definition) is 2. The zero-order chi connectivity index (χ0) is 12.5. The molecule has 18 heavy (non-hydrogen) atoms. The van der Waals surface area contributed by atoms with E-state index >= 15 is 0 Å². The van der Waals surface area contributed by atoms with Crippen molar-refractivity contribution in [2.75, 3.05) is 32.8 Å². The first-order chi connectivity index (χ1) is 8.95. The minimum Gasteiger partial charge on any atom is -0.494 e. The van der Waals surface area contributed by atoms with Crippen LogP contribution in [0.15, 0.2) is 30.3 Å². The van der Waals surface area contributed by atoms with Crippen molar-refractivity contribution in [3.05, 3.63) is 30.3 Å². The largest absolute Gasteiger partial charge is 0.494 e. The van der Waals surface area contributed by atoms with E-state index in [9.17, 15) is 0 Å². The fourth-order valence-electron chi connectivity index (χ4n) is 2.31. The van der Waals surface area contributed by atoms with E-state index in [1.54, 1.807) is 0 Å². The van der Waals surface area contributed by atoms with Gasteiger partial charge in [0.1, 0.15) is 5.75 Å². The Morgan fingerprint density at radius 1 is 1.28 bits per heavy atom. The van der Waals surface area contributed by atoms with Gasteiger partial charge in [-0.25, -0.2) is 0 Å². The van der Waals surface area contributed by atoms with Gasteiger partial charge in [-0.05, 0) is 63.5 Å². The molecule has 0 saturated carbocycles. The molecular weight excluding hydrogens is 224 g/mol. The van der Waals surface area contributed by atoms with E-state index in [-0.39, 0.29) is 0 Å². The normalized spacial score (nSPS) is 19.7. The highest BCUT2D eigenvalue weighted by atomic mass is 16.5. The average Bonchev–Trinajstić information content (AvgIpc) is 2.45. The third-order valence-corrected chi connectivity index (χ3v) is 3.34. The lowest BCUT2D eigenvalue weighted by Crippen LogP contribution is -2.36. The van der Waals surface area contributed by atoms with Crippen LogP contribution in [0.4, 0.5) is 0 Å². The summed E-state index contributed by atoms with van der Waals surface area (Å²) in [5.74, 6) is 1.78. The van der Waals surface area contributed by atoms with E-state index in [4.69, 9.17) is 4.74 Å². The van der Waals surface area contributed by atoms with E-state index in [1.807, 2.05) is 30.3 Å². The zero-order valence-corrected chi connectivity index (χ0v) is 11.0. The lowest BCUT2D eigenvalue weighted by molar-refractivity contribution is 0.302. The summed E-state index contributed by atoms with van der Waals surface area (Å²) in [6.07, 6.45) is 3.75. The average molecular weight is 248 g/mol. The highest BCUT2D eigenvalue weighted by Crippen LogP contribution is 2.09. The molecule has 0 aliphatic carbocycles. The molecule has 0 amide bonds. The van der Waals surface area contributed by atoms with Crippen LogP contribution < -0.4 is 15.4 Å². The van der Waals surface area contributed by atoms with E-state index in [1.165, 1.54) is 25.9 Å². The summed E-state index contributed by atoms with van der Waals surface area (Å²) >= 11 is 0. The molecule has 1 aliphatic heterocycles. The molecule has 1 atom stereocenters. The second-order valence-electron chi connectivity index (χ2n) is 4.93. The molecule has 0 aromatic heterocycles. The van der Waals surface area contributed by atoms with Crippen molar-refractivity contribution >= 4 is 0 Å². The summed E-state index contributed by atoms with van der Waals surface area (Å²) in [6, 6.07) is 10.0. The van der Waals surface area contributed by atoms with Crippen molar-refractivity contribution in [3.8, 4) is 5.75 Å². The summed E-state index contributed by atoms with van der Waals surface area (Å²) < 4.78 is 5.65. The Balaban J connectivity index is 1.46. The number of benzene rings is 1. The van der Waals surface area contributed by atoms with E-state index < -0.39 is 0 Å². The first kappa shape index (κ1) is 13.4. The molecule has 1 unspecified atom stereocenters. The number of para-hydroxylation sites is 1. The van der Waals surface area contributed by atoms with Gasteiger partial charge >= 0.3 is 0 Å². The molecule has 2 N–H and O–H groups in total. The summed E-state index contributed by atoms with van der Waals surface area (Å²) in [5, 5.41) is 6.97. The SMILES string of the molecule is c1ccc(OCCCNCC2CCCNC2)cc1. The predicted molar refractivity (Wildman–Crippen MR) is 75.0 cm³/mol. The van der Waals surface area contributed by atoms with Gasteiger partial charge in [-0.2, -0.15) is 0 Å². The van der Waals surface area contributed by atoms with Crippen LogP contribution >= 0.6 is 0 Å². The maximum Gasteiger partial charge on any atom is 0.119 e. The molecule has 0 radical (unpaired) electrons. The van der Waals surface area contributed by atoms with Crippen molar-refractivity contribution in [2.24, 2.45) is 5.92 Å². The van der Waals surface area contributed by atoms with Gasteiger partial charge in [-0.1, -0.05) is 18.2 Å². The third kappa shape index (κ3) is 5.07. The van der Waals surface area contributed by atoms with Crippen molar-refractivity contribution < 1.29 is 4.74 Å². The number of nitrogens with one attached hydrogen (secondary N) is 2. The zero-order valence-electron chi connectivity index (χ0n) is 11.0. The second kappa shape index (κ2) is 8.11. The van der Waals surface area contributed by atoms with Gasteiger partial charge in [-0.3, -0.25) is 0 Å². The second-order valence-corrected chi connectivity index (χ2v) is 4.93. The molecule has 0 bridgehead atoms. The lowest BCUT2D eigenvalue weighted by atomic mass is 10.00. The van der Waals surface area contributed by atoms with Crippen LogP contribution in [-0.4, -0.2) is 32.8 Å². The molecule has 100 valence electrons. The first-order valence-electron chi connectivity index (χ1n) is 7.04. The fraction of sp³-hybridized carbons (Fsp3) is 0.600. The lowest BCUT2D eigenvalue weighted by Gasteiger charge is -2.22. The van der Waals surface area contributed by atoms with Crippen molar-refractivity contribution in [3.63, 3.8) is 0 Å². The topological polar surface area (TPSA) is 33.3 Å². The fourth-order valence-corrected chi connectivity index (χ4v) is 2.31. The first-order valence-corrected chi connectivity index (χ1v) is 7.04. The molecule has 2 rings (SSSR count). The minimum atomic E-state index is 0.792. The standard InChI is InChI=1S/C15H24N2O/c1-2-7-15(8-3-1)18-11-5-10-17-13-14-6-4-9-16-12-14/h1-3,7-8,14,16-17H,4-6,9-13H2. The highest BCUT2D eigenvalue weighted by Gasteiger charge is 2.11. The Morgan fingerprint density at radius 3 is 2.94 bits per heavy atom. The molecule has 1 aliphatic rings. The summed E-state index contributed by atoms with van der Waals surface area (Å²) in [4.78, 5) is 0. The van der Waals surface area contributed by atoms with Crippen LogP contribution in [0.1, 0.15) is 19.3 Å². The molecule has 0 spiro atoms. The number of ether oxygens (including phenoxy) is 1. The quantitative estimate of drug-likeness (QED) is 0.725. The maximum absolute atomic E-state index is 5.65. The van der Waals surface area contributed by atoms with Crippen LogP contribution in [-0.2, 0) is 0 Å². The van der Waals surface area contributed by atoms with Crippen molar-refractivity contribution in [2.45, 2.75) is 19.3 Å².